The molecule has 1 unspecified atom stereocenters. The third-order valence-corrected chi connectivity index (χ3v) is 5.10. The lowest BCUT2D eigenvalue weighted by molar-refractivity contribution is 0.107. The van der Waals surface area contributed by atoms with Gasteiger partial charge in [-0.3, -0.25) is 9.89 Å². The fourth-order valence-electron chi connectivity index (χ4n) is 3.13. The van der Waals surface area contributed by atoms with E-state index < -0.39 is 0 Å². The Morgan fingerprint density at radius 3 is 2.58 bits per heavy atom. The van der Waals surface area contributed by atoms with Gasteiger partial charge in [0, 0.05) is 57.4 Å². The molecule has 1 aromatic carbocycles. The van der Waals surface area contributed by atoms with Crippen LogP contribution in [0.5, 0.6) is 0 Å². The van der Waals surface area contributed by atoms with E-state index in [2.05, 4.69) is 45.3 Å². The highest BCUT2D eigenvalue weighted by Gasteiger charge is 2.20. The van der Waals surface area contributed by atoms with Crippen LogP contribution in [0.1, 0.15) is 19.4 Å². The van der Waals surface area contributed by atoms with Crippen molar-refractivity contribution in [1.82, 2.24) is 20.4 Å². The smallest absolute Gasteiger partial charge is 0.191 e. The van der Waals surface area contributed by atoms with Crippen molar-refractivity contribution in [3.8, 4) is 0 Å². The zero-order chi connectivity index (χ0) is 18.1. The molecular formula is C19H33ClIN5. The number of piperazine rings is 1. The van der Waals surface area contributed by atoms with Gasteiger partial charge in [-0.2, -0.15) is 0 Å². The Balaban J connectivity index is 0.00000338. The molecule has 0 saturated carbocycles. The number of nitrogens with zero attached hydrogens (tertiary/aromatic N) is 3. The van der Waals surface area contributed by atoms with Gasteiger partial charge in [0.15, 0.2) is 5.96 Å². The Bertz CT molecular complexity index is 546. The largest absolute Gasteiger partial charge is 0.356 e. The molecule has 5 nitrogen and oxygen atoms in total. The summed E-state index contributed by atoms with van der Waals surface area (Å²) in [6.45, 7) is 12.1. The van der Waals surface area contributed by atoms with Crippen molar-refractivity contribution < 1.29 is 0 Å². The van der Waals surface area contributed by atoms with Crippen molar-refractivity contribution in [3.63, 3.8) is 0 Å². The Morgan fingerprint density at radius 2 is 1.96 bits per heavy atom. The quantitative estimate of drug-likeness (QED) is 0.348. The van der Waals surface area contributed by atoms with Crippen molar-refractivity contribution in [2.24, 2.45) is 4.99 Å². The molecule has 7 heteroatoms. The summed E-state index contributed by atoms with van der Waals surface area (Å²) in [6, 6.07) is 8.51. The number of rotatable bonds is 7. The van der Waals surface area contributed by atoms with E-state index in [1.165, 1.54) is 18.7 Å². The maximum atomic E-state index is 6.03. The number of guanidine groups is 1. The molecule has 0 amide bonds. The van der Waals surface area contributed by atoms with Crippen LogP contribution < -0.4 is 10.6 Å². The highest BCUT2D eigenvalue weighted by atomic mass is 127. The molecule has 26 heavy (non-hydrogen) atoms. The van der Waals surface area contributed by atoms with E-state index in [-0.39, 0.29) is 24.0 Å². The molecule has 0 radical (unpaired) electrons. The first-order valence-electron chi connectivity index (χ1n) is 9.27. The molecule has 0 spiro atoms. The van der Waals surface area contributed by atoms with Gasteiger partial charge >= 0.3 is 0 Å². The second-order valence-electron chi connectivity index (χ2n) is 6.58. The van der Waals surface area contributed by atoms with Crippen LogP contribution in [-0.4, -0.2) is 74.7 Å². The van der Waals surface area contributed by atoms with Gasteiger partial charge in [0.25, 0.3) is 0 Å². The molecule has 1 heterocycles. The van der Waals surface area contributed by atoms with Crippen molar-refractivity contribution in [1.29, 1.82) is 0 Å². The first-order chi connectivity index (χ1) is 12.1. The monoisotopic (exact) mass is 493 g/mol. The van der Waals surface area contributed by atoms with Crippen molar-refractivity contribution in [2.45, 2.75) is 26.3 Å². The second kappa shape index (κ2) is 12.8. The number of aliphatic imine (C=N–C) groups is 1. The Morgan fingerprint density at radius 1 is 1.23 bits per heavy atom. The topological polar surface area (TPSA) is 42.9 Å². The molecule has 0 aromatic heterocycles. The lowest BCUT2D eigenvalue weighted by atomic mass is 10.1. The van der Waals surface area contributed by atoms with Crippen LogP contribution in [-0.2, 0) is 6.42 Å². The lowest BCUT2D eigenvalue weighted by Crippen LogP contribution is -2.53. The van der Waals surface area contributed by atoms with Gasteiger partial charge in [-0.25, -0.2) is 0 Å². The summed E-state index contributed by atoms with van der Waals surface area (Å²) in [5.74, 6) is 0.862. The average molecular weight is 494 g/mol. The van der Waals surface area contributed by atoms with Gasteiger partial charge in [-0.05, 0) is 37.6 Å². The van der Waals surface area contributed by atoms with Crippen LogP contribution in [0, 0.1) is 0 Å². The summed E-state index contributed by atoms with van der Waals surface area (Å²) in [5.41, 5.74) is 1.23. The summed E-state index contributed by atoms with van der Waals surface area (Å²) >= 11 is 6.03. The molecule has 1 aromatic rings. The van der Waals surface area contributed by atoms with E-state index in [0.29, 0.717) is 6.04 Å². The van der Waals surface area contributed by atoms with E-state index in [0.717, 1.165) is 50.1 Å². The maximum absolute atomic E-state index is 6.03. The number of nitrogens with one attached hydrogen (secondary N) is 2. The standard InChI is InChI=1S/C19H32ClN5.HI/c1-4-24-10-12-25(13-11-24)16(2)15-23-19(21-3)22-9-8-17-6-5-7-18(20)14-17;/h5-7,14,16H,4,8-13,15H2,1-3H3,(H2,21,22,23);1H. The number of hydrogen-bond acceptors (Lipinski definition) is 3. The summed E-state index contributed by atoms with van der Waals surface area (Å²) in [6.07, 6.45) is 0.926. The van der Waals surface area contributed by atoms with E-state index in [1.54, 1.807) is 0 Å². The molecule has 1 aliphatic heterocycles. The van der Waals surface area contributed by atoms with Crippen LogP contribution in [0.15, 0.2) is 29.3 Å². The Hall–Kier alpha value is -0.570. The SMILES string of the molecule is CCN1CCN(C(C)CNC(=NC)NCCc2cccc(Cl)c2)CC1.I. The lowest BCUT2D eigenvalue weighted by Gasteiger charge is -2.37. The first-order valence-corrected chi connectivity index (χ1v) is 9.65. The van der Waals surface area contributed by atoms with Crippen LogP contribution in [0.3, 0.4) is 0 Å². The van der Waals surface area contributed by atoms with Crippen LogP contribution in [0.25, 0.3) is 0 Å². The zero-order valence-corrected chi connectivity index (χ0v) is 19.3. The molecule has 2 N–H and O–H groups in total. The van der Waals surface area contributed by atoms with Crippen molar-refractivity contribution in [3.05, 3.63) is 34.9 Å². The van der Waals surface area contributed by atoms with Gasteiger partial charge in [0.1, 0.15) is 0 Å². The summed E-state index contributed by atoms with van der Waals surface area (Å²) in [4.78, 5) is 9.38. The third-order valence-electron chi connectivity index (χ3n) is 4.86. The van der Waals surface area contributed by atoms with E-state index in [4.69, 9.17) is 11.6 Å². The molecule has 1 fully saturated rings. The minimum absolute atomic E-state index is 0. The molecule has 1 atom stereocenters. The van der Waals surface area contributed by atoms with Gasteiger partial charge in [0.2, 0.25) is 0 Å². The maximum Gasteiger partial charge on any atom is 0.191 e. The summed E-state index contributed by atoms with van der Waals surface area (Å²) in [7, 11) is 1.82. The normalized spacial score (nSPS) is 17.5. The van der Waals surface area contributed by atoms with Crippen LogP contribution in [0.4, 0.5) is 0 Å². The molecule has 1 aliphatic rings. The highest BCUT2D eigenvalue weighted by Crippen LogP contribution is 2.10. The summed E-state index contributed by atoms with van der Waals surface area (Å²) < 4.78 is 0. The van der Waals surface area contributed by atoms with Crippen LogP contribution >= 0.6 is 35.6 Å². The minimum atomic E-state index is 0. The molecule has 0 bridgehead atoms. The minimum Gasteiger partial charge on any atom is -0.356 e. The van der Waals surface area contributed by atoms with Gasteiger partial charge in [0.05, 0.1) is 0 Å². The first kappa shape index (κ1) is 23.5. The van der Waals surface area contributed by atoms with Crippen molar-refractivity contribution >= 4 is 41.5 Å². The predicted octanol–water partition coefficient (Wildman–Crippen LogP) is 2.69. The number of hydrogen-bond donors (Lipinski definition) is 2. The molecule has 0 aliphatic carbocycles. The molecular weight excluding hydrogens is 461 g/mol. The Labute approximate surface area is 180 Å². The average Bonchev–Trinajstić information content (AvgIpc) is 2.64. The van der Waals surface area contributed by atoms with Gasteiger partial charge < -0.3 is 15.5 Å². The number of halogens is 2. The third kappa shape index (κ3) is 7.98. The zero-order valence-electron chi connectivity index (χ0n) is 16.2. The molecule has 1 saturated heterocycles. The molecule has 2 rings (SSSR count). The predicted molar refractivity (Wildman–Crippen MR) is 123 cm³/mol. The van der Waals surface area contributed by atoms with E-state index >= 15 is 0 Å². The van der Waals surface area contributed by atoms with Crippen molar-refractivity contribution in [2.75, 3.05) is 52.9 Å². The van der Waals surface area contributed by atoms with E-state index in [9.17, 15) is 0 Å². The van der Waals surface area contributed by atoms with Crippen LogP contribution in [0.2, 0.25) is 5.02 Å². The Kier molecular flexibility index (Phi) is 11.5. The van der Waals surface area contributed by atoms with E-state index in [1.807, 2.05) is 25.2 Å². The number of likely N-dealkylation sites (N-methyl/N-ethyl adjacent to an activating group) is 1. The van der Waals surface area contributed by atoms with Gasteiger partial charge in [-0.15, -0.1) is 24.0 Å². The second-order valence-corrected chi connectivity index (χ2v) is 7.02. The fourth-order valence-corrected chi connectivity index (χ4v) is 3.35. The summed E-state index contributed by atoms with van der Waals surface area (Å²) in [5, 5.41) is 7.62. The number of benzene rings is 1. The highest BCUT2D eigenvalue weighted by molar-refractivity contribution is 14.0. The molecule has 148 valence electrons. The van der Waals surface area contributed by atoms with Gasteiger partial charge in [-0.1, -0.05) is 30.7 Å². The fraction of sp³-hybridized carbons (Fsp3) is 0.632.